The average molecular weight is 645 g/mol. The van der Waals surface area contributed by atoms with E-state index < -0.39 is 0 Å². The predicted octanol–water partition coefficient (Wildman–Crippen LogP) is 15.4. The molecule has 0 radical (unpaired) electrons. The Hall–Kier alpha value is -0.660. The Morgan fingerprint density at radius 1 is 0.326 bits per heavy atom. The molecule has 1 rings (SSSR count). The number of unbranched alkanes of at least 4 members (excludes halogenated alkanes) is 32. The van der Waals surface area contributed by atoms with Crippen LogP contribution in [0.15, 0.2) is 12.4 Å². The third-order valence-electron chi connectivity index (χ3n) is 10.8. The lowest BCUT2D eigenvalue weighted by Gasteiger charge is -2.36. The molecule has 0 aromatic heterocycles. The monoisotopic (exact) mass is 645 g/mol. The summed E-state index contributed by atoms with van der Waals surface area (Å²) < 4.78 is 0. The maximum atomic E-state index is 2.66. The molecule has 0 aromatic carbocycles. The molecular formula is C44H88N2. The van der Waals surface area contributed by atoms with Gasteiger partial charge in [0.2, 0.25) is 0 Å². The number of hydrogen-bond donors (Lipinski definition) is 0. The Morgan fingerprint density at radius 3 is 0.717 bits per heavy atom. The molecule has 274 valence electrons. The Balaban J connectivity index is 1.90. The SMILES string of the molecule is CCCCCCCCCCCCCCCCCCCN1C=CN(CCCCCCCCCCCCCCCCCCC)C1C(C)C. The van der Waals surface area contributed by atoms with E-state index in [9.17, 15) is 0 Å². The van der Waals surface area contributed by atoms with E-state index in [-0.39, 0.29) is 0 Å². The molecular weight excluding hydrogens is 556 g/mol. The average Bonchev–Trinajstić information content (AvgIpc) is 3.46. The topological polar surface area (TPSA) is 6.48 Å². The van der Waals surface area contributed by atoms with Crippen LogP contribution in [0.25, 0.3) is 0 Å². The normalized spacial score (nSPS) is 13.7. The lowest BCUT2D eigenvalue weighted by atomic mass is 10.0. The van der Waals surface area contributed by atoms with Crippen molar-refractivity contribution in [2.45, 2.75) is 252 Å². The van der Waals surface area contributed by atoms with Gasteiger partial charge in [-0.1, -0.05) is 233 Å². The van der Waals surface area contributed by atoms with Crippen molar-refractivity contribution in [3.63, 3.8) is 0 Å². The maximum Gasteiger partial charge on any atom is 0.103 e. The highest BCUT2D eigenvalue weighted by atomic mass is 15.4. The molecule has 0 fully saturated rings. The first kappa shape index (κ1) is 43.4. The predicted molar refractivity (Wildman–Crippen MR) is 210 cm³/mol. The van der Waals surface area contributed by atoms with Gasteiger partial charge in [0.25, 0.3) is 0 Å². The second-order valence-electron chi connectivity index (χ2n) is 15.7. The highest BCUT2D eigenvalue weighted by molar-refractivity contribution is 4.98. The molecule has 0 bridgehead atoms. The Bertz CT molecular complexity index is 565. The van der Waals surface area contributed by atoms with Gasteiger partial charge in [-0.3, -0.25) is 0 Å². The fraction of sp³-hybridized carbons (Fsp3) is 0.955. The van der Waals surface area contributed by atoms with Gasteiger partial charge in [-0.2, -0.15) is 0 Å². The molecule has 0 spiro atoms. The molecule has 0 unspecified atom stereocenters. The zero-order valence-electron chi connectivity index (χ0n) is 32.7. The first-order chi connectivity index (χ1) is 22.7. The van der Waals surface area contributed by atoms with Gasteiger partial charge >= 0.3 is 0 Å². The van der Waals surface area contributed by atoms with Crippen LogP contribution in [0.4, 0.5) is 0 Å². The van der Waals surface area contributed by atoms with Crippen molar-refractivity contribution in [3.8, 4) is 0 Å². The van der Waals surface area contributed by atoms with E-state index in [4.69, 9.17) is 0 Å². The fourth-order valence-corrected chi connectivity index (χ4v) is 7.76. The van der Waals surface area contributed by atoms with Gasteiger partial charge in [-0.15, -0.1) is 0 Å². The molecule has 1 aliphatic heterocycles. The first-order valence-electron chi connectivity index (χ1n) is 21.9. The summed E-state index contributed by atoms with van der Waals surface area (Å²) in [6, 6.07) is 0. The Morgan fingerprint density at radius 2 is 0.522 bits per heavy atom. The Kier molecular flexibility index (Phi) is 32.2. The summed E-state index contributed by atoms with van der Waals surface area (Å²) in [5.74, 6) is 0.687. The van der Waals surface area contributed by atoms with E-state index in [1.54, 1.807) is 0 Å². The molecule has 0 saturated carbocycles. The van der Waals surface area contributed by atoms with Crippen LogP contribution in [0.2, 0.25) is 0 Å². The highest BCUT2D eigenvalue weighted by Crippen LogP contribution is 2.24. The highest BCUT2D eigenvalue weighted by Gasteiger charge is 2.28. The summed E-state index contributed by atoms with van der Waals surface area (Å²) in [6.07, 6.45) is 54.7. The van der Waals surface area contributed by atoms with Crippen molar-refractivity contribution in [1.29, 1.82) is 0 Å². The van der Waals surface area contributed by atoms with Crippen LogP contribution in [-0.4, -0.2) is 29.1 Å². The van der Waals surface area contributed by atoms with Crippen LogP contribution in [0.1, 0.15) is 246 Å². The Labute approximate surface area is 292 Å². The zero-order chi connectivity index (χ0) is 33.2. The molecule has 1 heterocycles. The molecule has 1 aliphatic rings. The van der Waals surface area contributed by atoms with Crippen LogP contribution in [-0.2, 0) is 0 Å². The van der Waals surface area contributed by atoms with Crippen LogP contribution < -0.4 is 0 Å². The van der Waals surface area contributed by atoms with Gasteiger partial charge in [0, 0.05) is 25.5 Å². The van der Waals surface area contributed by atoms with E-state index in [1.165, 1.54) is 231 Å². The van der Waals surface area contributed by atoms with Crippen molar-refractivity contribution in [1.82, 2.24) is 9.80 Å². The molecule has 2 nitrogen and oxygen atoms in total. The molecule has 46 heavy (non-hydrogen) atoms. The van der Waals surface area contributed by atoms with E-state index in [0.717, 1.165) is 0 Å². The maximum absolute atomic E-state index is 2.66. The number of hydrogen-bond acceptors (Lipinski definition) is 2. The summed E-state index contributed by atoms with van der Waals surface area (Å²) in [5, 5.41) is 0. The van der Waals surface area contributed by atoms with Crippen LogP contribution in [0, 0.1) is 5.92 Å². The largest absolute Gasteiger partial charge is 0.356 e. The van der Waals surface area contributed by atoms with Crippen molar-refractivity contribution in [2.75, 3.05) is 13.1 Å². The lowest BCUT2D eigenvalue weighted by molar-refractivity contribution is 0.104. The van der Waals surface area contributed by atoms with Crippen LogP contribution in [0.5, 0.6) is 0 Å². The van der Waals surface area contributed by atoms with Gasteiger partial charge in [-0.05, 0) is 18.8 Å². The summed E-state index contributed by atoms with van der Waals surface area (Å²) in [4.78, 5) is 5.31. The third kappa shape index (κ3) is 26.3. The first-order valence-corrected chi connectivity index (χ1v) is 21.9. The van der Waals surface area contributed by atoms with E-state index in [1.807, 2.05) is 0 Å². The molecule has 0 saturated heterocycles. The quantitative estimate of drug-likeness (QED) is 0.0621. The van der Waals surface area contributed by atoms with Crippen molar-refractivity contribution < 1.29 is 0 Å². The molecule has 0 amide bonds. The van der Waals surface area contributed by atoms with E-state index in [0.29, 0.717) is 12.1 Å². The van der Waals surface area contributed by atoms with Gasteiger partial charge in [0.1, 0.15) is 6.17 Å². The van der Waals surface area contributed by atoms with Gasteiger partial charge in [0.15, 0.2) is 0 Å². The minimum absolute atomic E-state index is 0.585. The third-order valence-corrected chi connectivity index (χ3v) is 10.8. The zero-order valence-corrected chi connectivity index (χ0v) is 32.7. The van der Waals surface area contributed by atoms with Gasteiger partial charge in [0.05, 0.1) is 0 Å². The van der Waals surface area contributed by atoms with Gasteiger partial charge < -0.3 is 9.80 Å². The van der Waals surface area contributed by atoms with Crippen molar-refractivity contribution in [2.24, 2.45) is 5.92 Å². The molecule has 0 N–H and O–H groups in total. The summed E-state index contributed by atoms with van der Waals surface area (Å²) in [7, 11) is 0. The second kappa shape index (κ2) is 34.2. The van der Waals surface area contributed by atoms with Gasteiger partial charge in [-0.25, -0.2) is 0 Å². The lowest BCUT2D eigenvalue weighted by Crippen LogP contribution is -2.43. The van der Waals surface area contributed by atoms with Crippen molar-refractivity contribution >= 4 is 0 Å². The molecule has 0 aliphatic carbocycles. The summed E-state index contributed by atoms with van der Waals surface area (Å²) in [6.45, 7) is 11.9. The van der Waals surface area contributed by atoms with E-state index >= 15 is 0 Å². The fourth-order valence-electron chi connectivity index (χ4n) is 7.76. The minimum atomic E-state index is 0.585. The molecule has 2 heteroatoms. The second-order valence-corrected chi connectivity index (χ2v) is 15.7. The summed E-state index contributed by atoms with van der Waals surface area (Å²) >= 11 is 0. The number of nitrogens with zero attached hydrogens (tertiary/aromatic N) is 2. The van der Waals surface area contributed by atoms with Crippen molar-refractivity contribution in [3.05, 3.63) is 12.4 Å². The van der Waals surface area contributed by atoms with Crippen LogP contribution in [0.3, 0.4) is 0 Å². The molecule has 0 aromatic rings. The summed E-state index contributed by atoms with van der Waals surface area (Å²) in [5.41, 5.74) is 0. The molecule has 0 atom stereocenters. The standard InChI is InChI=1S/C44H88N2/c1-5-7-9-11-13-15-17-19-21-23-25-27-29-31-33-35-37-39-45-41-42-46(44(45)43(3)4)40-38-36-34-32-30-28-26-24-22-20-18-16-14-12-10-8-6-2/h41-44H,5-40H2,1-4H3. The number of rotatable bonds is 37. The van der Waals surface area contributed by atoms with Crippen LogP contribution >= 0.6 is 0 Å². The smallest absolute Gasteiger partial charge is 0.103 e. The van der Waals surface area contributed by atoms with E-state index in [2.05, 4.69) is 49.9 Å². The minimum Gasteiger partial charge on any atom is -0.356 e.